The Labute approximate surface area is 160 Å². The lowest BCUT2D eigenvalue weighted by molar-refractivity contribution is 0.103. The van der Waals surface area contributed by atoms with Crippen molar-refractivity contribution in [3.8, 4) is 17.2 Å². The molecule has 140 valence electrons. The van der Waals surface area contributed by atoms with Crippen LogP contribution in [0.2, 0.25) is 0 Å². The van der Waals surface area contributed by atoms with E-state index in [0.29, 0.717) is 17.2 Å². The van der Waals surface area contributed by atoms with E-state index in [4.69, 9.17) is 14.6 Å². The van der Waals surface area contributed by atoms with E-state index in [0.717, 1.165) is 11.3 Å². The Hall–Kier alpha value is -2.88. The SMILES string of the molecule is COc1cc(C(=O)Nc2ccc(Oc3ccccc3)cc2)sc1S(N)(=O)=O. The van der Waals surface area contributed by atoms with Gasteiger partial charge in [-0.3, -0.25) is 4.79 Å². The number of thiophene rings is 1. The van der Waals surface area contributed by atoms with Gasteiger partial charge in [0.1, 0.15) is 11.5 Å². The van der Waals surface area contributed by atoms with Gasteiger partial charge in [0.25, 0.3) is 15.9 Å². The van der Waals surface area contributed by atoms with Crippen molar-refractivity contribution in [3.63, 3.8) is 0 Å². The summed E-state index contributed by atoms with van der Waals surface area (Å²) in [5.74, 6) is 0.896. The van der Waals surface area contributed by atoms with Gasteiger partial charge in [0.2, 0.25) is 0 Å². The predicted molar refractivity (Wildman–Crippen MR) is 103 cm³/mol. The number of rotatable bonds is 6. The van der Waals surface area contributed by atoms with Crippen molar-refractivity contribution in [1.29, 1.82) is 0 Å². The lowest BCUT2D eigenvalue weighted by atomic mass is 10.3. The molecule has 3 rings (SSSR count). The van der Waals surface area contributed by atoms with Crippen LogP contribution in [-0.4, -0.2) is 21.4 Å². The van der Waals surface area contributed by atoms with Crippen LogP contribution in [0.4, 0.5) is 5.69 Å². The van der Waals surface area contributed by atoms with Crippen LogP contribution in [0.1, 0.15) is 9.67 Å². The van der Waals surface area contributed by atoms with Gasteiger partial charge in [0.15, 0.2) is 9.96 Å². The first-order valence-corrected chi connectivity index (χ1v) is 10.1. The molecule has 0 saturated carbocycles. The third-order valence-electron chi connectivity index (χ3n) is 3.46. The quantitative estimate of drug-likeness (QED) is 0.654. The van der Waals surface area contributed by atoms with E-state index in [1.54, 1.807) is 24.3 Å². The molecule has 1 aromatic heterocycles. The Morgan fingerprint density at radius 2 is 1.67 bits per heavy atom. The fourth-order valence-corrected chi connectivity index (χ4v) is 4.14. The number of amides is 1. The van der Waals surface area contributed by atoms with E-state index in [2.05, 4.69) is 5.32 Å². The van der Waals surface area contributed by atoms with Gasteiger partial charge in [0.05, 0.1) is 12.0 Å². The van der Waals surface area contributed by atoms with Gasteiger partial charge in [-0.15, -0.1) is 11.3 Å². The van der Waals surface area contributed by atoms with Crippen LogP contribution >= 0.6 is 11.3 Å². The number of primary sulfonamides is 1. The summed E-state index contributed by atoms with van der Waals surface area (Å²) in [4.78, 5) is 12.5. The number of sulfonamides is 1. The molecule has 9 heteroatoms. The molecule has 27 heavy (non-hydrogen) atoms. The second-order valence-corrected chi connectivity index (χ2v) is 8.21. The van der Waals surface area contributed by atoms with Crippen molar-refractivity contribution in [2.45, 2.75) is 4.21 Å². The third kappa shape index (κ3) is 4.64. The molecule has 1 amide bonds. The van der Waals surface area contributed by atoms with E-state index in [1.807, 2.05) is 30.3 Å². The molecule has 3 aromatic rings. The number of para-hydroxylation sites is 1. The minimum Gasteiger partial charge on any atom is -0.494 e. The topological polar surface area (TPSA) is 108 Å². The Kier molecular flexibility index (Phi) is 5.45. The molecule has 0 radical (unpaired) electrons. The second-order valence-electron chi connectivity index (χ2n) is 5.41. The van der Waals surface area contributed by atoms with E-state index in [-0.39, 0.29) is 14.8 Å². The van der Waals surface area contributed by atoms with Crippen LogP contribution in [0.5, 0.6) is 17.2 Å². The summed E-state index contributed by atoms with van der Waals surface area (Å²) in [6, 6.07) is 17.4. The summed E-state index contributed by atoms with van der Waals surface area (Å²) in [5, 5.41) is 7.83. The van der Waals surface area contributed by atoms with Crippen LogP contribution < -0.4 is 19.9 Å². The van der Waals surface area contributed by atoms with E-state index in [9.17, 15) is 13.2 Å². The number of anilines is 1. The van der Waals surface area contributed by atoms with Crippen LogP contribution in [0, 0.1) is 0 Å². The number of ether oxygens (including phenoxy) is 2. The average Bonchev–Trinajstić information content (AvgIpc) is 3.09. The van der Waals surface area contributed by atoms with Crippen LogP contribution in [0.15, 0.2) is 64.9 Å². The molecule has 0 fully saturated rings. The maximum atomic E-state index is 12.4. The fraction of sp³-hybridized carbons (Fsp3) is 0.0556. The van der Waals surface area contributed by atoms with E-state index >= 15 is 0 Å². The van der Waals surface area contributed by atoms with Crippen LogP contribution in [-0.2, 0) is 10.0 Å². The molecule has 7 nitrogen and oxygen atoms in total. The zero-order chi connectivity index (χ0) is 19.4. The first-order valence-electron chi connectivity index (χ1n) is 7.72. The minimum absolute atomic E-state index is 0.0410. The number of benzene rings is 2. The highest BCUT2D eigenvalue weighted by molar-refractivity contribution is 7.91. The maximum Gasteiger partial charge on any atom is 0.265 e. The van der Waals surface area contributed by atoms with Gasteiger partial charge in [0, 0.05) is 11.8 Å². The molecule has 0 aliphatic carbocycles. The molecule has 0 bridgehead atoms. The van der Waals surface area contributed by atoms with Crippen molar-refractivity contribution < 1.29 is 22.7 Å². The van der Waals surface area contributed by atoms with Gasteiger partial charge in [-0.2, -0.15) is 0 Å². The van der Waals surface area contributed by atoms with Gasteiger partial charge in [-0.05, 0) is 36.4 Å². The van der Waals surface area contributed by atoms with Crippen LogP contribution in [0.3, 0.4) is 0 Å². The molecule has 0 unspecified atom stereocenters. The zero-order valence-corrected chi connectivity index (χ0v) is 15.8. The monoisotopic (exact) mass is 404 g/mol. The first-order chi connectivity index (χ1) is 12.9. The highest BCUT2D eigenvalue weighted by atomic mass is 32.2. The molecular weight excluding hydrogens is 388 g/mol. The van der Waals surface area contributed by atoms with Gasteiger partial charge in [-0.1, -0.05) is 18.2 Å². The van der Waals surface area contributed by atoms with Gasteiger partial charge >= 0.3 is 0 Å². The Balaban J connectivity index is 1.72. The maximum absolute atomic E-state index is 12.4. The molecule has 3 N–H and O–H groups in total. The molecule has 1 heterocycles. The average molecular weight is 404 g/mol. The van der Waals surface area contributed by atoms with Crippen molar-refractivity contribution in [2.24, 2.45) is 5.14 Å². The Morgan fingerprint density at radius 3 is 2.22 bits per heavy atom. The number of nitrogens with two attached hydrogens (primary N) is 1. The number of methoxy groups -OCH3 is 1. The minimum atomic E-state index is -3.97. The number of carbonyl (C=O) groups excluding carboxylic acids is 1. The van der Waals surface area contributed by atoms with E-state index in [1.165, 1.54) is 13.2 Å². The zero-order valence-electron chi connectivity index (χ0n) is 14.2. The number of hydrogen-bond acceptors (Lipinski definition) is 6. The Bertz CT molecular complexity index is 1050. The van der Waals surface area contributed by atoms with Crippen molar-refractivity contribution in [3.05, 3.63) is 65.5 Å². The molecular formula is C18H16N2O5S2. The summed E-state index contributed by atoms with van der Waals surface area (Å²) < 4.78 is 33.6. The van der Waals surface area contributed by atoms with Crippen molar-refractivity contribution >= 4 is 33.0 Å². The largest absolute Gasteiger partial charge is 0.494 e. The fourth-order valence-electron chi connectivity index (χ4n) is 2.23. The third-order valence-corrected chi connectivity index (χ3v) is 6.03. The smallest absolute Gasteiger partial charge is 0.265 e. The summed E-state index contributed by atoms with van der Waals surface area (Å²) in [5.41, 5.74) is 0.532. The highest BCUT2D eigenvalue weighted by Crippen LogP contribution is 2.33. The van der Waals surface area contributed by atoms with Crippen molar-refractivity contribution in [2.75, 3.05) is 12.4 Å². The van der Waals surface area contributed by atoms with Gasteiger partial charge in [-0.25, -0.2) is 13.6 Å². The predicted octanol–water partition coefficient (Wildman–Crippen LogP) is 3.45. The van der Waals surface area contributed by atoms with Crippen LogP contribution in [0.25, 0.3) is 0 Å². The normalized spacial score (nSPS) is 11.0. The summed E-state index contributed by atoms with van der Waals surface area (Å²) in [7, 11) is -2.66. The molecule has 0 aliphatic rings. The summed E-state index contributed by atoms with van der Waals surface area (Å²) >= 11 is 0.749. The summed E-state index contributed by atoms with van der Waals surface area (Å²) in [6.07, 6.45) is 0. The van der Waals surface area contributed by atoms with E-state index < -0.39 is 15.9 Å². The number of carbonyl (C=O) groups is 1. The summed E-state index contributed by atoms with van der Waals surface area (Å²) in [6.45, 7) is 0. The Morgan fingerprint density at radius 1 is 1.04 bits per heavy atom. The standard InChI is InChI=1S/C18H16N2O5S2/c1-24-15-11-16(26-18(15)27(19,22)23)17(21)20-12-7-9-14(10-8-12)25-13-5-3-2-4-6-13/h2-11H,1H3,(H,20,21)(H2,19,22,23). The second kappa shape index (κ2) is 7.78. The first kappa shape index (κ1) is 18.9. The highest BCUT2D eigenvalue weighted by Gasteiger charge is 2.22. The lowest BCUT2D eigenvalue weighted by Gasteiger charge is -2.07. The number of hydrogen-bond donors (Lipinski definition) is 2. The van der Waals surface area contributed by atoms with Crippen molar-refractivity contribution in [1.82, 2.24) is 0 Å². The molecule has 0 saturated heterocycles. The molecule has 0 aliphatic heterocycles. The lowest BCUT2D eigenvalue weighted by Crippen LogP contribution is -2.11. The molecule has 0 atom stereocenters. The van der Waals surface area contributed by atoms with Gasteiger partial charge < -0.3 is 14.8 Å². The number of nitrogens with one attached hydrogen (secondary N) is 1. The molecule has 0 spiro atoms. The molecule has 2 aromatic carbocycles.